The monoisotopic (exact) mass is 354 g/mol. The van der Waals surface area contributed by atoms with Crippen LogP contribution in [0.5, 0.6) is 11.5 Å². The van der Waals surface area contributed by atoms with Gasteiger partial charge in [-0.1, -0.05) is 19.1 Å². The summed E-state index contributed by atoms with van der Waals surface area (Å²) in [7, 11) is 0. The van der Waals surface area contributed by atoms with Crippen LogP contribution in [0.2, 0.25) is 0 Å². The quantitative estimate of drug-likeness (QED) is 0.788. The molecule has 7 heteroatoms. The third-order valence-corrected chi connectivity index (χ3v) is 3.28. The van der Waals surface area contributed by atoms with Gasteiger partial charge in [0.2, 0.25) is 0 Å². The van der Waals surface area contributed by atoms with Crippen LogP contribution in [0.25, 0.3) is 11.1 Å². The SMILES string of the molecule is CCCOc1cccc(-c2cc(C(F)(F)F)ccc2OCC(=O)O)c1. The smallest absolute Gasteiger partial charge is 0.416 e. The summed E-state index contributed by atoms with van der Waals surface area (Å²) in [5.74, 6) is -0.644. The van der Waals surface area contributed by atoms with Gasteiger partial charge in [-0.05, 0) is 42.3 Å². The van der Waals surface area contributed by atoms with Gasteiger partial charge < -0.3 is 14.6 Å². The van der Waals surface area contributed by atoms with Gasteiger partial charge in [-0.15, -0.1) is 0 Å². The van der Waals surface area contributed by atoms with Gasteiger partial charge in [0.25, 0.3) is 0 Å². The second kappa shape index (κ2) is 7.92. The zero-order valence-corrected chi connectivity index (χ0v) is 13.5. The zero-order chi connectivity index (χ0) is 18.4. The van der Waals surface area contributed by atoms with E-state index in [0.29, 0.717) is 17.9 Å². The molecule has 25 heavy (non-hydrogen) atoms. The van der Waals surface area contributed by atoms with E-state index in [2.05, 4.69) is 0 Å². The molecule has 4 nitrogen and oxygen atoms in total. The van der Waals surface area contributed by atoms with Crippen molar-refractivity contribution in [1.29, 1.82) is 0 Å². The minimum Gasteiger partial charge on any atom is -0.494 e. The highest BCUT2D eigenvalue weighted by atomic mass is 19.4. The van der Waals surface area contributed by atoms with E-state index in [4.69, 9.17) is 14.6 Å². The van der Waals surface area contributed by atoms with E-state index in [-0.39, 0.29) is 11.3 Å². The molecular formula is C18H17F3O4. The normalized spacial score (nSPS) is 11.2. The van der Waals surface area contributed by atoms with Crippen LogP contribution in [0.1, 0.15) is 18.9 Å². The molecule has 1 N–H and O–H groups in total. The molecule has 0 amide bonds. The van der Waals surface area contributed by atoms with E-state index in [9.17, 15) is 18.0 Å². The van der Waals surface area contributed by atoms with Gasteiger partial charge in [-0.3, -0.25) is 0 Å². The van der Waals surface area contributed by atoms with E-state index in [1.165, 1.54) is 0 Å². The van der Waals surface area contributed by atoms with Crippen molar-refractivity contribution in [1.82, 2.24) is 0 Å². The molecule has 0 bridgehead atoms. The topological polar surface area (TPSA) is 55.8 Å². The van der Waals surface area contributed by atoms with Gasteiger partial charge >= 0.3 is 12.1 Å². The Balaban J connectivity index is 2.46. The number of halogens is 3. The number of benzene rings is 2. The molecule has 0 heterocycles. The molecule has 2 aromatic rings. The molecule has 0 unspecified atom stereocenters. The van der Waals surface area contributed by atoms with E-state index in [1.54, 1.807) is 24.3 Å². The van der Waals surface area contributed by atoms with Gasteiger partial charge in [-0.2, -0.15) is 13.2 Å². The van der Waals surface area contributed by atoms with E-state index >= 15 is 0 Å². The second-order valence-electron chi connectivity index (χ2n) is 5.27. The van der Waals surface area contributed by atoms with Crippen molar-refractivity contribution < 1.29 is 32.5 Å². The summed E-state index contributed by atoms with van der Waals surface area (Å²) in [6.07, 6.45) is -3.73. The Labute approximate surface area is 142 Å². The standard InChI is InChI=1S/C18H17F3O4/c1-2-8-24-14-5-3-4-12(9-14)15-10-13(18(19,20)21)6-7-16(15)25-11-17(22)23/h3-7,9-10H,2,8,11H2,1H3,(H,22,23). The number of hydrogen-bond donors (Lipinski definition) is 1. The second-order valence-corrected chi connectivity index (χ2v) is 5.27. The Kier molecular flexibility index (Phi) is 5.90. The summed E-state index contributed by atoms with van der Waals surface area (Å²) < 4.78 is 49.7. The molecule has 0 radical (unpaired) electrons. The molecule has 0 saturated carbocycles. The van der Waals surface area contributed by atoms with Gasteiger partial charge in [0.05, 0.1) is 12.2 Å². The fourth-order valence-corrected chi connectivity index (χ4v) is 2.17. The number of carboxylic acid groups (broad SMARTS) is 1. The maximum Gasteiger partial charge on any atom is 0.416 e. The van der Waals surface area contributed by atoms with Crippen LogP contribution < -0.4 is 9.47 Å². The van der Waals surface area contributed by atoms with Crippen molar-refractivity contribution in [3.63, 3.8) is 0 Å². The van der Waals surface area contributed by atoms with Gasteiger partial charge in [0.15, 0.2) is 6.61 Å². The molecular weight excluding hydrogens is 337 g/mol. The molecule has 0 saturated heterocycles. The van der Waals surface area contributed by atoms with Crippen molar-refractivity contribution >= 4 is 5.97 Å². The molecule has 0 spiro atoms. The first-order valence-corrected chi connectivity index (χ1v) is 7.60. The lowest BCUT2D eigenvalue weighted by molar-refractivity contribution is -0.140. The highest BCUT2D eigenvalue weighted by Gasteiger charge is 2.31. The average molecular weight is 354 g/mol. The molecule has 2 rings (SSSR count). The lowest BCUT2D eigenvalue weighted by atomic mass is 10.0. The number of hydrogen-bond acceptors (Lipinski definition) is 3. The molecule has 0 aliphatic carbocycles. The number of ether oxygens (including phenoxy) is 2. The lowest BCUT2D eigenvalue weighted by Gasteiger charge is -2.15. The summed E-state index contributed by atoms with van der Waals surface area (Å²) in [4.78, 5) is 10.7. The van der Waals surface area contributed by atoms with Crippen LogP contribution >= 0.6 is 0 Å². The fourth-order valence-electron chi connectivity index (χ4n) is 2.17. The first-order valence-electron chi connectivity index (χ1n) is 7.60. The lowest BCUT2D eigenvalue weighted by Crippen LogP contribution is -2.11. The molecule has 0 aliphatic rings. The van der Waals surface area contributed by atoms with Crippen LogP contribution in [0.15, 0.2) is 42.5 Å². The fraction of sp³-hybridized carbons (Fsp3) is 0.278. The van der Waals surface area contributed by atoms with Crippen LogP contribution in [-0.4, -0.2) is 24.3 Å². The van der Waals surface area contributed by atoms with Gasteiger partial charge in [-0.25, -0.2) is 4.79 Å². The van der Waals surface area contributed by atoms with Crippen LogP contribution in [0.3, 0.4) is 0 Å². The predicted molar refractivity (Wildman–Crippen MR) is 85.8 cm³/mol. The molecule has 2 aromatic carbocycles. The summed E-state index contributed by atoms with van der Waals surface area (Å²) in [5, 5.41) is 8.74. The van der Waals surface area contributed by atoms with Gasteiger partial charge in [0.1, 0.15) is 11.5 Å². The first kappa shape index (κ1) is 18.6. The van der Waals surface area contributed by atoms with Crippen molar-refractivity contribution in [2.75, 3.05) is 13.2 Å². The van der Waals surface area contributed by atoms with E-state index < -0.39 is 24.3 Å². The minimum absolute atomic E-state index is 0.0584. The Hall–Kier alpha value is -2.70. The Morgan fingerprint density at radius 1 is 1.12 bits per heavy atom. The summed E-state index contributed by atoms with van der Waals surface area (Å²) in [5.41, 5.74) is -0.247. The zero-order valence-electron chi connectivity index (χ0n) is 13.5. The van der Waals surface area contributed by atoms with Gasteiger partial charge in [0, 0.05) is 5.56 Å². The number of alkyl halides is 3. The average Bonchev–Trinajstić information content (AvgIpc) is 2.57. The molecule has 134 valence electrons. The molecule has 0 aliphatic heterocycles. The van der Waals surface area contributed by atoms with E-state index in [1.807, 2.05) is 6.92 Å². The van der Waals surface area contributed by atoms with Crippen LogP contribution in [0, 0.1) is 0 Å². The third-order valence-electron chi connectivity index (χ3n) is 3.28. The summed E-state index contributed by atoms with van der Waals surface area (Å²) in [6, 6.07) is 9.49. The maximum absolute atomic E-state index is 13.0. The third kappa shape index (κ3) is 5.14. The highest BCUT2D eigenvalue weighted by Crippen LogP contribution is 2.38. The highest BCUT2D eigenvalue weighted by molar-refractivity contribution is 5.74. The van der Waals surface area contributed by atoms with Crippen molar-refractivity contribution in [2.24, 2.45) is 0 Å². The van der Waals surface area contributed by atoms with Crippen LogP contribution in [0.4, 0.5) is 13.2 Å². The molecule has 0 aromatic heterocycles. The first-order chi connectivity index (χ1) is 11.8. The number of aliphatic carboxylic acids is 1. The Morgan fingerprint density at radius 2 is 1.88 bits per heavy atom. The maximum atomic E-state index is 13.0. The van der Waals surface area contributed by atoms with Crippen LogP contribution in [-0.2, 0) is 11.0 Å². The number of rotatable bonds is 7. The van der Waals surface area contributed by atoms with E-state index in [0.717, 1.165) is 24.6 Å². The molecule has 0 atom stereocenters. The van der Waals surface area contributed by atoms with Crippen molar-refractivity contribution in [3.8, 4) is 22.6 Å². The minimum atomic E-state index is -4.52. The Morgan fingerprint density at radius 3 is 2.52 bits per heavy atom. The van der Waals surface area contributed by atoms with Crippen molar-refractivity contribution in [2.45, 2.75) is 19.5 Å². The molecule has 0 fully saturated rings. The summed E-state index contributed by atoms with van der Waals surface area (Å²) in [6.45, 7) is 1.77. The summed E-state index contributed by atoms with van der Waals surface area (Å²) >= 11 is 0. The number of carbonyl (C=O) groups is 1. The van der Waals surface area contributed by atoms with Crippen molar-refractivity contribution in [3.05, 3.63) is 48.0 Å². The number of carboxylic acids is 1. The predicted octanol–water partition coefficient (Wildman–Crippen LogP) is 4.62. The largest absolute Gasteiger partial charge is 0.494 e. The Bertz CT molecular complexity index is 741.